The van der Waals surface area contributed by atoms with Crippen molar-refractivity contribution < 1.29 is 19.1 Å². The number of phenols is 1. The first-order valence-electron chi connectivity index (χ1n) is 12.3. The second kappa shape index (κ2) is 9.97. The van der Waals surface area contributed by atoms with Crippen molar-refractivity contribution in [2.24, 2.45) is 5.92 Å². The molecule has 0 bridgehead atoms. The molecule has 4 aromatic rings. The molecule has 3 aromatic carbocycles. The van der Waals surface area contributed by atoms with Gasteiger partial charge in [0, 0.05) is 37.4 Å². The number of hydrogen-bond acceptors (Lipinski definition) is 6. The highest BCUT2D eigenvalue weighted by Gasteiger charge is 2.31. The maximum Gasteiger partial charge on any atom is 0.175 e. The molecule has 0 saturated carbocycles. The third kappa shape index (κ3) is 4.72. The average Bonchev–Trinajstić information content (AvgIpc) is 3.54. The van der Waals surface area contributed by atoms with Gasteiger partial charge in [-0.05, 0) is 60.4 Å². The Hall–Kier alpha value is -3.32. The highest BCUT2D eigenvalue weighted by molar-refractivity contribution is 6.33. The summed E-state index contributed by atoms with van der Waals surface area (Å²) in [5, 5.41) is 14.7. The van der Waals surface area contributed by atoms with E-state index in [9.17, 15) is 5.11 Å². The highest BCUT2D eigenvalue weighted by Crippen LogP contribution is 2.42. The van der Waals surface area contributed by atoms with Crippen LogP contribution in [-0.2, 0) is 4.74 Å². The van der Waals surface area contributed by atoms with Gasteiger partial charge in [0.1, 0.15) is 23.3 Å². The Morgan fingerprint density at radius 2 is 1.72 bits per heavy atom. The first-order valence-corrected chi connectivity index (χ1v) is 12.6. The maximum absolute atomic E-state index is 9.74. The van der Waals surface area contributed by atoms with Crippen molar-refractivity contribution in [1.29, 1.82) is 0 Å². The Labute approximate surface area is 215 Å². The average molecular weight is 503 g/mol. The minimum atomic E-state index is 0.193. The summed E-state index contributed by atoms with van der Waals surface area (Å²) >= 11 is 6.52. The van der Waals surface area contributed by atoms with Crippen LogP contribution in [0.2, 0.25) is 5.02 Å². The minimum Gasteiger partial charge on any atom is -0.508 e. The summed E-state index contributed by atoms with van der Waals surface area (Å²) in [5.74, 6) is 2.31. The molecule has 2 aliphatic heterocycles. The van der Waals surface area contributed by atoms with E-state index in [2.05, 4.69) is 10.1 Å². The fourth-order valence-corrected chi connectivity index (χ4v) is 5.16. The largest absolute Gasteiger partial charge is 0.508 e. The molecule has 184 valence electrons. The molecule has 1 aromatic heterocycles. The molecule has 6 nitrogen and oxygen atoms in total. The van der Waals surface area contributed by atoms with E-state index in [1.165, 1.54) is 0 Å². The SMILES string of the molecule is Oc1ccc(-c2onc(-c3ccccc3Cl)c2-c2ccc(OC3CN(CC4CCOC4)C3)cc2)cc1. The number of nitrogens with zero attached hydrogens (tertiary/aromatic N) is 2. The van der Waals surface area contributed by atoms with Crippen LogP contribution in [0, 0.1) is 5.92 Å². The van der Waals surface area contributed by atoms with Gasteiger partial charge in [0.2, 0.25) is 0 Å². The maximum atomic E-state index is 9.74. The monoisotopic (exact) mass is 502 g/mol. The molecule has 1 N–H and O–H groups in total. The number of hydrogen-bond donors (Lipinski definition) is 1. The molecule has 2 aliphatic rings. The summed E-state index contributed by atoms with van der Waals surface area (Å²) in [5.41, 5.74) is 4.07. The van der Waals surface area contributed by atoms with Gasteiger partial charge in [0.25, 0.3) is 0 Å². The minimum absolute atomic E-state index is 0.193. The van der Waals surface area contributed by atoms with Gasteiger partial charge in [0.15, 0.2) is 5.76 Å². The lowest BCUT2D eigenvalue weighted by Gasteiger charge is -2.40. The lowest BCUT2D eigenvalue weighted by molar-refractivity contribution is 0.00916. The number of aromatic nitrogens is 1. The molecule has 36 heavy (non-hydrogen) atoms. The molecule has 0 radical (unpaired) electrons. The van der Waals surface area contributed by atoms with E-state index >= 15 is 0 Å². The highest BCUT2D eigenvalue weighted by atomic mass is 35.5. The molecule has 6 rings (SSSR count). The Morgan fingerprint density at radius 1 is 0.972 bits per heavy atom. The van der Waals surface area contributed by atoms with E-state index in [1.807, 2.05) is 60.7 Å². The Kier molecular flexibility index (Phi) is 6.40. The Balaban J connectivity index is 1.24. The quantitative estimate of drug-likeness (QED) is 0.327. The van der Waals surface area contributed by atoms with Crippen molar-refractivity contribution in [2.75, 3.05) is 32.8 Å². The number of likely N-dealkylation sites (tertiary alicyclic amines) is 1. The molecule has 2 saturated heterocycles. The predicted molar refractivity (Wildman–Crippen MR) is 139 cm³/mol. The van der Waals surface area contributed by atoms with Gasteiger partial charge in [-0.15, -0.1) is 0 Å². The zero-order chi connectivity index (χ0) is 24.5. The molecule has 7 heteroatoms. The topological polar surface area (TPSA) is 68.0 Å². The van der Waals surface area contributed by atoms with Gasteiger partial charge in [-0.2, -0.15) is 0 Å². The molecule has 2 fully saturated rings. The van der Waals surface area contributed by atoms with E-state index in [1.54, 1.807) is 12.1 Å². The zero-order valence-electron chi connectivity index (χ0n) is 19.8. The van der Waals surface area contributed by atoms with Gasteiger partial charge in [0.05, 0.1) is 17.2 Å². The third-order valence-electron chi connectivity index (χ3n) is 6.86. The zero-order valence-corrected chi connectivity index (χ0v) is 20.5. The molecule has 1 unspecified atom stereocenters. The van der Waals surface area contributed by atoms with Crippen LogP contribution in [0.1, 0.15) is 6.42 Å². The van der Waals surface area contributed by atoms with Crippen LogP contribution in [0.5, 0.6) is 11.5 Å². The second-order valence-electron chi connectivity index (χ2n) is 9.47. The van der Waals surface area contributed by atoms with Crippen molar-refractivity contribution in [3.05, 3.63) is 77.8 Å². The van der Waals surface area contributed by atoms with E-state index in [-0.39, 0.29) is 11.9 Å². The molecule has 0 spiro atoms. The van der Waals surface area contributed by atoms with Gasteiger partial charge in [-0.25, -0.2) is 0 Å². The number of halogens is 1. The molecule has 1 atom stereocenters. The molecular formula is C29H27ClN2O4. The van der Waals surface area contributed by atoms with E-state index in [0.29, 0.717) is 22.4 Å². The number of phenolic OH excluding ortho intramolecular Hbond substituents is 1. The smallest absolute Gasteiger partial charge is 0.175 e. The van der Waals surface area contributed by atoms with E-state index in [4.69, 9.17) is 25.6 Å². The molecule has 3 heterocycles. The van der Waals surface area contributed by atoms with Crippen LogP contribution >= 0.6 is 11.6 Å². The molecule has 0 amide bonds. The van der Waals surface area contributed by atoms with Crippen molar-refractivity contribution in [1.82, 2.24) is 10.1 Å². The third-order valence-corrected chi connectivity index (χ3v) is 7.19. The molecular weight excluding hydrogens is 476 g/mol. The summed E-state index contributed by atoms with van der Waals surface area (Å²) < 4.78 is 17.5. The van der Waals surface area contributed by atoms with Crippen LogP contribution in [-0.4, -0.2) is 54.1 Å². The second-order valence-corrected chi connectivity index (χ2v) is 9.88. The van der Waals surface area contributed by atoms with Crippen LogP contribution in [0.4, 0.5) is 0 Å². The van der Waals surface area contributed by atoms with E-state index in [0.717, 1.165) is 67.3 Å². The van der Waals surface area contributed by atoms with Gasteiger partial charge in [-0.3, -0.25) is 4.90 Å². The number of aromatic hydroxyl groups is 1. The first kappa shape index (κ1) is 23.1. The lowest BCUT2D eigenvalue weighted by atomic mass is 9.96. The van der Waals surface area contributed by atoms with Crippen LogP contribution < -0.4 is 4.74 Å². The first-order chi connectivity index (χ1) is 17.6. The summed E-state index contributed by atoms with van der Waals surface area (Å²) in [6.07, 6.45) is 1.37. The number of ether oxygens (including phenoxy) is 2. The Bertz CT molecular complexity index is 1320. The number of benzene rings is 3. The number of rotatable bonds is 7. The predicted octanol–water partition coefficient (Wildman–Crippen LogP) is 6.13. The summed E-state index contributed by atoms with van der Waals surface area (Å²) in [6.45, 7) is 4.77. The standard InChI is InChI=1S/C29H27ClN2O4/c30-26-4-2-1-3-25(26)28-27(29(36-31-28)21-5-9-22(33)10-6-21)20-7-11-23(12-8-20)35-24-16-32(17-24)15-19-13-14-34-18-19/h1-12,19,24,33H,13-18H2. The van der Waals surface area contributed by atoms with Gasteiger partial charge in [-0.1, -0.05) is 47.1 Å². The summed E-state index contributed by atoms with van der Waals surface area (Å²) in [6, 6.07) is 22.5. The lowest BCUT2D eigenvalue weighted by Crippen LogP contribution is -2.55. The summed E-state index contributed by atoms with van der Waals surface area (Å²) in [4.78, 5) is 2.44. The normalized spacial score (nSPS) is 18.3. The van der Waals surface area contributed by atoms with Crippen molar-refractivity contribution >= 4 is 11.6 Å². The fraction of sp³-hybridized carbons (Fsp3) is 0.276. The van der Waals surface area contributed by atoms with E-state index < -0.39 is 0 Å². The fourth-order valence-electron chi connectivity index (χ4n) is 4.94. The molecule has 0 aliphatic carbocycles. The van der Waals surface area contributed by atoms with Gasteiger partial charge < -0.3 is 19.1 Å². The van der Waals surface area contributed by atoms with Crippen LogP contribution in [0.25, 0.3) is 33.7 Å². The summed E-state index contributed by atoms with van der Waals surface area (Å²) in [7, 11) is 0. The van der Waals surface area contributed by atoms with Crippen molar-refractivity contribution in [3.8, 4) is 45.2 Å². The van der Waals surface area contributed by atoms with Crippen LogP contribution in [0.15, 0.2) is 77.3 Å². The van der Waals surface area contributed by atoms with Gasteiger partial charge >= 0.3 is 0 Å². The van der Waals surface area contributed by atoms with Crippen LogP contribution in [0.3, 0.4) is 0 Å². The van der Waals surface area contributed by atoms with Crippen molar-refractivity contribution in [2.45, 2.75) is 12.5 Å². The Morgan fingerprint density at radius 3 is 2.44 bits per heavy atom. The van der Waals surface area contributed by atoms with Crippen molar-refractivity contribution in [3.63, 3.8) is 0 Å².